The first-order valence-electron chi connectivity index (χ1n) is 6.93. The average Bonchev–Trinajstić information content (AvgIpc) is 3.17. The number of carbonyl (C=O) groups excluding carboxylic acids is 1. The van der Waals surface area contributed by atoms with Gasteiger partial charge in [-0.15, -0.1) is 0 Å². The summed E-state index contributed by atoms with van der Waals surface area (Å²) in [6.45, 7) is 1.66. The van der Waals surface area contributed by atoms with Gasteiger partial charge in [-0.2, -0.15) is 18.3 Å². The van der Waals surface area contributed by atoms with Gasteiger partial charge in [0, 0.05) is 12.4 Å². The fraction of sp³-hybridized carbons (Fsp3) is 0.125. The van der Waals surface area contributed by atoms with Crippen molar-refractivity contribution in [3.63, 3.8) is 0 Å². The second-order valence-corrected chi connectivity index (χ2v) is 5.04. The predicted molar refractivity (Wildman–Crippen MR) is 80.0 cm³/mol. The van der Waals surface area contributed by atoms with Crippen molar-refractivity contribution >= 4 is 11.6 Å². The minimum atomic E-state index is -4.52. The fourth-order valence-corrected chi connectivity index (χ4v) is 2.16. The first-order chi connectivity index (χ1) is 11.3. The molecule has 0 bridgehead atoms. The number of nitrogens with one attached hydrogen (secondary N) is 1. The van der Waals surface area contributed by atoms with Gasteiger partial charge in [0.25, 0.3) is 5.91 Å². The highest BCUT2D eigenvalue weighted by atomic mass is 19.4. The molecule has 3 rings (SSSR count). The van der Waals surface area contributed by atoms with Crippen LogP contribution in [0.15, 0.2) is 53.2 Å². The number of halogens is 3. The maximum atomic E-state index is 13.0. The highest BCUT2D eigenvalue weighted by Gasteiger charge is 2.31. The molecule has 1 aromatic carbocycles. The molecule has 1 amide bonds. The Kier molecular flexibility index (Phi) is 3.88. The van der Waals surface area contributed by atoms with E-state index in [1.165, 1.54) is 23.0 Å². The summed E-state index contributed by atoms with van der Waals surface area (Å²) in [5.41, 5.74) is -0.582. The third-order valence-electron chi connectivity index (χ3n) is 3.29. The van der Waals surface area contributed by atoms with Crippen LogP contribution < -0.4 is 5.32 Å². The van der Waals surface area contributed by atoms with Crippen LogP contribution in [0.25, 0.3) is 5.69 Å². The summed E-state index contributed by atoms with van der Waals surface area (Å²) in [7, 11) is 0. The highest BCUT2D eigenvalue weighted by Crippen LogP contribution is 2.33. The first kappa shape index (κ1) is 15.9. The Bertz CT molecular complexity index is 867. The van der Waals surface area contributed by atoms with Gasteiger partial charge in [0.15, 0.2) is 5.76 Å². The summed E-state index contributed by atoms with van der Waals surface area (Å²) in [4.78, 5) is 12.2. The third-order valence-corrected chi connectivity index (χ3v) is 3.29. The topological polar surface area (TPSA) is 60.1 Å². The van der Waals surface area contributed by atoms with Gasteiger partial charge in [0.05, 0.1) is 16.9 Å². The van der Waals surface area contributed by atoms with Crippen molar-refractivity contribution in [2.24, 2.45) is 0 Å². The van der Waals surface area contributed by atoms with E-state index in [1.54, 1.807) is 25.3 Å². The number of furan rings is 1. The Balaban J connectivity index is 2.01. The first-order valence-corrected chi connectivity index (χ1v) is 6.93. The molecule has 3 aromatic rings. The van der Waals surface area contributed by atoms with E-state index < -0.39 is 17.6 Å². The zero-order valence-electron chi connectivity index (χ0n) is 12.5. The Morgan fingerprint density at radius 2 is 2.04 bits per heavy atom. The molecular formula is C16H12F3N3O2. The predicted octanol–water partition coefficient (Wildman–Crippen LogP) is 4.04. The molecular weight excluding hydrogens is 323 g/mol. The minimum absolute atomic E-state index is 0.0105. The molecule has 0 saturated carbocycles. The zero-order valence-corrected chi connectivity index (χ0v) is 12.5. The smallest absolute Gasteiger partial charge is 0.416 e. The number of aromatic nitrogens is 2. The van der Waals surface area contributed by atoms with E-state index in [0.29, 0.717) is 11.4 Å². The number of hydrogen-bond donors (Lipinski definition) is 1. The van der Waals surface area contributed by atoms with Crippen LogP contribution in [0.3, 0.4) is 0 Å². The standard InChI is InChI=1S/C16H12F3N3O2/c1-10-3-6-14(24-10)15(23)21-12-9-11(16(17,18)19)4-5-13(12)22-8-2-7-20-22/h2-9H,1H3,(H,21,23). The van der Waals surface area contributed by atoms with Gasteiger partial charge in [0.1, 0.15) is 5.76 Å². The van der Waals surface area contributed by atoms with Crippen LogP contribution in [0.5, 0.6) is 0 Å². The number of amides is 1. The molecule has 0 unspecified atom stereocenters. The monoisotopic (exact) mass is 335 g/mol. The molecule has 8 heteroatoms. The number of alkyl halides is 3. The third kappa shape index (κ3) is 3.17. The summed E-state index contributed by atoms with van der Waals surface area (Å²) in [6.07, 6.45) is -1.47. The molecule has 5 nitrogen and oxygen atoms in total. The summed E-state index contributed by atoms with van der Waals surface area (Å²) < 4.78 is 45.4. The van der Waals surface area contributed by atoms with E-state index in [-0.39, 0.29) is 11.4 Å². The van der Waals surface area contributed by atoms with Crippen LogP contribution in [0.2, 0.25) is 0 Å². The highest BCUT2D eigenvalue weighted by molar-refractivity contribution is 6.03. The lowest BCUT2D eigenvalue weighted by atomic mass is 10.1. The summed E-state index contributed by atoms with van der Waals surface area (Å²) >= 11 is 0. The van der Waals surface area contributed by atoms with Gasteiger partial charge >= 0.3 is 6.18 Å². The van der Waals surface area contributed by atoms with Crippen LogP contribution in [-0.2, 0) is 6.18 Å². The number of carbonyl (C=O) groups is 1. The Morgan fingerprint density at radius 3 is 2.62 bits per heavy atom. The molecule has 2 heterocycles. The molecule has 0 fully saturated rings. The van der Waals surface area contributed by atoms with E-state index in [9.17, 15) is 18.0 Å². The largest absolute Gasteiger partial charge is 0.456 e. The van der Waals surface area contributed by atoms with Gasteiger partial charge in [0.2, 0.25) is 0 Å². The lowest BCUT2D eigenvalue weighted by molar-refractivity contribution is -0.137. The Morgan fingerprint density at radius 1 is 1.25 bits per heavy atom. The van der Waals surface area contributed by atoms with E-state index >= 15 is 0 Å². The van der Waals surface area contributed by atoms with Crippen molar-refractivity contribution in [1.29, 1.82) is 0 Å². The van der Waals surface area contributed by atoms with Crippen molar-refractivity contribution in [2.75, 3.05) is 5.32 Å². The van der Waals surface area contributed by atoms with Crippen LogP contribution >= 0.6 is 0 Å². The van der Waals surface area contributed by atoms with Crippen molar-refractivity contribution in [2.45, 2.75) is 13.1 Å². The maximum absolute atomic E-state index is 13.0. The van der Waals surface area contributed by atoms with Crippen LogP contribution in [-0.4, -0.2) is 15.7 Å². The number of hydrogen-bond acceptors (Lipinski definition) is 3. The van der Waals surface area contributed by atoms with Gasteiger partial charge in [-0.25, -0.2) is 4.68 Å². The van der Waals surface area contributed by atoms with Crippen LogP contribution in [0.1, 0.15) is 21.9 Å². The molecule has 2 aromatic heterocycles. The van der Waals surface area contributed by atoms with Crippen LogP contribution in [0.4, 0.5) is 18.9 Å². The molecule has 124 valence electrons. The number of anilines is 1. The number of nitrogens with zero attached hydrogens (tertiary/aromatic N) is 2. The second-order valence-electron chi connectivity index (χ2n) is 5.04. The van der Waals surface area contributed by atoms with Crippen LogP contribution in [0, 0.1) is 6.92 Å². The number of rotatable bonds is 3. The SMILES string of the molecule is Cc1ccc(C(=O)Nc2cc(C(F)(F)F)ccc2-n2cccn2)o1. The van der Waals surface area contributed by atoms with Crippen molar-refractivity contribution < 1.29 is 22.4 Å². The Hall–Kier alpha value is -3.03. The summed E-state index contributed by atoms with van der Waals surface area (Å²) in [6, 6.07) is 7.72. The number of benzene rings is 1. The van der Waals surface area contributed by atoms with Crippen molar-refractivity contribution in [3.8, 4) is 5.69 Å². The molecule has 0 atom stereocenters. The van der Waals surface area contributed by atoms with Crippen molar-refractivity contribution in [1.82, 2.24) is 9.78 Å². The van der Waals surface area contributed by atoms with Gasteiger partial charge in [-0.3, -0.25) is 4.79 Å². The normalized spacial score (nSPS) is 11.5. The van der Waals surface area contributed by atoms with Crippen molar-refractivity contribution in [3.05, 3.63) is 65.9 Å². The molecule has 0 aliphatic rings. The van der Waals surface area contributed by atoms with Gasteiger partial charge < -0.3 is 9.73 Å². The lowest BCUT2D eigenvalue weighted by Crippen LogP contribution is -2.15. The molecule has 0 radical (unpaired) electrons. The Labute approximate surface area is 134 Å². The van der Waals surface area contributed by atoms with E-state index in [4.69, 9.17) is 4.42 Å². The minimum Gasteiger partial charge on any atom is -0.456 e. The zero-order chi connectivity index (χ0) is 17.3. The average molecular weight is 335 g/mol. The summed E-state index contributed by atoms with van der Waals surface area (Å²) in [5, 5.41) is 6.43. The van der Waals surface area contributed by atoms with E-state index in [2.05, 4.69) is 10.4 Å². The fourth-order valence-electron chi connectivity index (χ4n) is 2.16. The van der Waals surface area contributed by atoms with Gasteiger partial charge in [-0.05, 0) is 43.3 Å². The number of aryl methyl sites for hydroxylation is 1. The molecule has 24 heavy (non-hydrogen) atoms. The molecule has 0 saturated heterocycles. The molecule has 0 aliphatic heterocycles. The van der Waals surface area contributed by atoms with E-state index in [1.807, 2.05) is 0 Å². The van der Waals surface area contributed by atoms with E-state index in [0.717, 1.165) is 12.1 Å². The maximum Gasteiger partial charge on any atom is 0.416 e. The molecule has 0 aliphatic carbocycles. The summed E-state index contributed by atoms with van der Waals surface area (Å²) in [5.74, 6) is -0.108. The lowest BCUT2D eigenvalue weighted by Gasteiger charge is -2.14. The quantitative estimate of drug-likeness (QED) is 0.786. The molecule has 0 spiro atoms. The molecule has 1 N–H and O–H groups in total. The second kappa shape index (κ2) is 5.88. The van der Waals surface area contributed by atoms with Gasteiger partial charge in [-0.1, -0.05) is 0 Å².